The summed E-state index contributed by atoms with van der Waals surface area (Å²) in [7, 11) is 1.64. The molecule has 1 N–H and O–H groups in total. The second-order valence-electron chi connectivity index (χ2n) is 7.92. The van der Waals surface area contributed by atoms with Crippen molar-refractivity contribution in [3.8, 4) is 5.75 Å². The summed E-state index contributed by atoms with van der Waals surface area (Å²) in [6.07, 6.45) is 4.31. The number of amides is 1. The number of methoxy groups -OCH3 is 1. The summed E-state index contributed by atoms with van der Waals surface area (Å²) < 4.78 is 10.7. The number of anilines is 1. The Morgan fingerprint density at radius 3 is 2.85 bits per heavy atom. The molecule has 1 aliphatic carbocycles. The second-order valence-corrected chi connectivity index (χ2v) is 10.1. The van der Waals surface area contributed by atoms with Crippen LogP contribution in [-0.4, -0.2) is 36.3 Å². The van der Waals surface area contributed by atoms with Crippen LogP contribution in [0.2, 0.25) is 0 Å². The number of hydrogen-bond donors (Lipinski definition) is 1. The summed E-state index contributed by atoms with van der Waals surface area (Å²) in [5.41, 5.74) is 3.56. The molecule has 2 aromatic heterocycles. The number of aromatic nitrogens is 1. The Bertz CT molecular complexity index is 1190. The number of para-hydroxylation sites is 1. The maximum Gasteiger partial charge on any atom is 0.341 e. The molecule has 0 fully saturated rings. The standard InChI is InChI=1S/C25H28N2O4S2/c1-4-31-25(29)22-17-8-5-6-11-19(17)33-24(22)26-20(28)12-13-32-21-14-15(2)16-9-7-10-18(30-3)23(16)27-21/h7,9-10,14H,4-6,8,11-13H2,1-3H3,(H,26,28). The fourth-order valence-electron chi connectivity index (χ4n) is 4.11. The molecule has 0 spiro atoms. The van der Waals surface area contributed by atoms with Crippen LogP contribution in [0.15, 0.2) is 29.3 Å². The van der Waals surface area contributed by atoms with Gasteiger partial charge in [-0.2, -0.15) is 0 Å². The zero-order valence-electron chi connectivity index (χ0n) is 19.2. The first kappa shape index (κ1) is 23.6. The highest BCUT2D eigenvalue weighted by molar-refractivity contribution is 7.99. The van der Waals surface area contributed by atoms with E-state index in [1.54, 1.807) is 14.0 Å². The van der Waals surface area contributed by atoms with Gasteiger partial charge in [0.05, 0.1) is 24.3 Å². The number of fused-ring (bicyclic) bond motifs is 2. The topological polar surface area (TPSA) is 77.5 Å². The number of thiophene rings is 1. The van der Waals surface area contributed by atoms with E-state index in [0.29, 0.717) is 29.3 Å². The minimum absolute atomic E-state index is 0.110. The average molecular weight is 485 g/mol. The Morgan fingerprint density at radius 1 is 1.24 bits per heavy atom. The van der Waals surface area contributed by atoms with Gasteiger partial charge in [0.25, 0.3) is 0 Å². The monoisotopic (exact) mass is 484 g/mol. The molecule has 0 saturated heterocycles. The number of ether oxygens (including phenoxy) is 2. The summed E-state index contributed by atoms with van der Waals surface area (Å²) in [5.74, 6) is 0.871. The Balaban J connectivity index is 1.43. The summed E-state index contributed by atoms with van der Waals surface area (Å²) in [6.45, 7) is 4.16. The van der Waals surface area contributed by atoms with Crippen LogP contribution in [0, 0.1) is 6.92 Å². The van der Waals surface area contributed by atoms with Crippen molar-refractivity contribution in [2.75, 3.05) is 24.8 Å². The van der Waals surface area contributed by atoms with Gasteiger partial charge in [0, 0.05) is 22.4 Å². The fourth-order valence-corrected chi connectivity index (χ4v) is 6.32. The van der Waals surface area contributed by atoms with Crippen molar-refractivity contribution >= 4 is 50.9 Å². The first-order valence-corrected chi connectivity index (χ1v) is 13.0. The minimum Gasteiger partial charge on any atom is -0.494 e. The smallest absolute Gasteiger partial charge is 0.341 e. The molecule has 174 valence electrons. The zero-order valence-corrected chi connectivity index (χ0v) is 20.8. The molecule has 1 amide bonds. The van der Waals surface area contributed by atoms with Gasteiger partial charge in [-0.1, -0.05) is 12.1 Å². The molecule has 0 atom stereocenters. The van der Waals surface area contributed by atoms with Crippen LogP contribution in [0.5, 0.6) is 5.75 Å². The van der Waals surface area contributed by atoms with E-state index in [1.807, 2.05) is 24.3 Å². The van der Waals surface area contributed by atoms with E-state index in [2.05, 4.69) is 12.2 Å². The van der Waals surface area contributed by atoms with Gasteiger partial charge >= 0.3 is 5.97 Å². The number of benzene rings is 1. The van der Waals surface area contributed by atoms with E-state index in [9.17, 15) is 9.59 Å². The molecule has 3 aromatic rings. The zero-order chi connectivity index (χ0) is 23.4. The molecule has 1 aromatic carbocycles. The van der Waals surface area contributed by atoms with E-state index in [0.717, 1.165) is 58.5 Å². The van der Waals surface area contributed by atoms with E-state index in [1.165, 1.54) is 28.0 Å². The van der Waals surface area contributed by atoms with Crippen molar-refractivity contribution in [3.63, 3.8) is 0 Å². The number of nitrogens with one attached hydrogen (secondary N) is 1. The molecular weight excluding hydrogens is 456 g/mol. The van der Waals surface area contributed by atoms with Crippen LogP contribution in [0.1, 0.15) is 52.5 Å². The van der Waals surface area contributed by atoms with E-state index in [4.69, 9.17) is 14.5 Å². The molecule has 6 nitrogen and oxygen atoms in total. The summed E-state index contributed by atoms with van der Waals surface area (Å²) >= 11 is 3.05. The quantitative estimate of drug-likeness (QED) is 0.322. The first-order valence-electron chi connectivity index (χ1n) is 11.2. The molecule has 0 radical (unpaired) electrons. The molecule has 0 saturated carbocycles. The van der Waals surface area contributed by atoms with Gasteiger partial charge in [-0.3, -0.25) is 4.79 Å². The normalized spacial score (nSPS) is 12.9. The van der Waals surface area contributed by atoms with Crippen molar-refractivity contribution in [3.05, 3.63) is 45.8 Å². The number of esters is 1. The van der Waals surface area contributed by atoms with Crippen molar-refractivity contribution in [1.82, 2.24) is 4.98 Å². The lowest BCUT2D eigenvalue weighted by Crippen LogP contribution is -2.16. The SMILES string of the molecule is CCOC(=O)c1c(NC(=O)CCSc2cc(C)c3cccc(OC)c3n2)sc2c1CCCC2. The van der Waals surface area contributed by atoms with Gasteiger partial charge in [0.2, 0.25) is 5.91 Å². The van der Waals surface area contributed by atoms with Crippen molar-refractivity contribution in [1.29, 1.82) is 0 Å². The van der Waals surface area contributed by atoms with E-state index < -0.39 is 0 Å². The van der Waals surface area contributed by atoms with Gasteiger partial charge < -0.3 is 14.8 Å². The summed E-state index contributed by atoms with van der Waals surface area (Å²) in [5, 5.41) is 5.52. The summed E-state index contributed by atoms with van der Waals surface area (Å²) in [4.78, 5) is 31.2. The van der Waals surface area contributed by atoms with Crippen LogP contribution in [-0.2, 0) is 22.4 Å². The number of thioether (sulfide) groups is 1. The van der Waals surface area contributed by atoms with Gasteiger partial charge in [-0.25, -0.2) is 9.78 Å². The Morgan fingerprint density at radius 2 is 2.06 bits per heavy atom. The number of carbonyl (C=O) groups excluding carboxylic acids is 2. The summed E-state index contributed by atoms with van der Waals surface area (Å²) in [6, 6.07) is 7.93. The van der Waals surface area contributed by atoms with E-state index in [-0.39, 0.29) is 11.9 Å². The van der Waals surface area contributed by atoms with Crippen molar-refractivity contribution < 1.29 is 19.1 Å². The fraction of sp³-hybridized carbons (Fsp3) is 0.400. The lowest BCUT2D eigenvalue weighted by atomic mass is 9.95. The maximum absolute atomic E-state index is 12.7. The van der Waals surface area contributed by atoms with Gasteiger partial charge in [-0.05, 0) is 62.8 Å². The molecular formula is C25H28N2O4S2. The molecule has 1 aliphatic rings. The first-order chi connectivity index (χ1) is 16.0. The highest BCUT2D eigenvalue weighted by Gasteiger charge is 2.27. The van der Waals surface area contributed by atoms with Gasteiger partial charge in [-0.15, -0.1) is 23.1 Å². The lowest BCUT2D eigenvalue weighted by molar-refractivity contribution is -0.115. The third kappa shape index (κ3) is 5.17. The molecule has 0 bridgehead atoms. The van der Waals surface area contributed by atoms with Crippen LogP contribution >= 0.6 is 23.1 Å². The van der Waals surface area contributed by atoms with Crippen LogP contribution in [0.3, 0.4) is 0 Å². The number of nitrogens with zero attached hydrogens (tertiary/aromatic N) is 1. The predicted molar refractivity (Wildman–Crippen MR) is 134 cm³/mol. The highest BCUT2D eigenvalue weighted by atomic mass is 32.2. The molecule has 0 aliphatic heterocycles. The van der Waals surface area contributed by atoms with Gasteiger partial charge in [0.1, 0.15) is 16.3 Å². The number of hydrogen-bond acceptors (Lipinski definition) is 7. The van der Waals surface area contributed by atoms with Crippen LogP contribution < -0.4 is 10.1 Å². The average Bonchev–Trinajstić information content (AvgIpc) is 3.16. The molecule has 4 rings (SSSR count). The van der Waals surface area contributed by atoms with Crippen LogP contribution in [0.4, 0.5) is 5.00 Å². The van der Waals surface area contributed by atoms with E-state index >= 15 is 0 Å². The largest absolute Gasteiger partial charge is 0.494 e. The van der Waals surface area contributed by atoms with Crippen molar-refractivity contribution in [2.24, 2.45) is 0 Å². The lowest BCUT2D eigenvalue weighted by Gasteiger charge is -2.12. The molecule has 8 heteroatoms. The Hall–Kier alpha value is -2.58. The molecule has 0 unspecified atom stereocenters. The number of rotatable bonds is 8. The molecule has 2 heterocycles. The number of carbonyl (C=O) groups is 2. The van der Waals surface area contributed by atoms with Crippen LogP contribution in [0.25, 0.3) is 10.9 Å². The third-order valence-corrected chi connectivity index (χ3v) is 7.81. The third-order valence-electron chi connectivity index (χ3n) is 5.69. The molecule has 33 heavy (non-hydrogen) atoms. The second kappa shape index (κ2) is 10.6. The number of aryl methyl sites for hydroxylation is 2. The Labute approximate surface area is 202 Å². The maximum atomic E-state index is 12.7. The van der Waals surface area contributed by atoms with Gasteiger partial charge in [0.15, 0.2) is 0 Å². The number of pyridine rings is 1. The minimum atomic E-state index is -0.341. The van der Waals surface area contributed by atoms with Crippen molar-refractivity contribution in [2.45, 2.75) is 51.0 Å². The Kier molecular flexibility index (Phi) is 7.55. The highest BCUT2D eigenvalue weighted by Crippen LogP contribution is 2.39. The predicted octanol–water partition coefficient (Wildman–Crippen LogP) is 5.79.